The predicted octanol–water partition coefficient (Wildman–Crippen LogP) is 1.30. The van der Waals surface area contributed by atoms with Crippen molar-refractivity contribution in [3.63, 3.8) is 0 Å². The molecule has 2 aromatic rings. The fraction of sp³-hybridized carbons (Fsp3) is 0. The largest absolute Gasteiger partial charge is 0.350 e. The van der Waals surface area contributed by atoms with Crippen LogP contribution in [0, 0.1) is 0 Å². The van der Waals surface area contributed by atoms with Crippen molar-refractivity contribution in [3.8, 4) is 0 Å². The van der Waals surface area contributed by atoms with Gasteiger partial charge in [0.1, 0.15) is 5.01 Å². The summed E-state index contributed by atoms with van der Waals surface area (Å²) in [6.45, 7) is 0. The molecular formula is C9H8N4OS. The van der Waals surface area contributed by atoms with Gasteiger partial charge in [0.2, 0.25) is 0 Å². The number of hydrogen-bond donors (Lipinski definition) is 2. The van der Waals surface area contributed by atoms with E-state index in [1.54, 1.807) is 0 Å². The van der Waals surface area contributed by atoms with E-state index in [0.29, 0.717) is 0 Å². The summed E-state index contributed by atoms with van der Waals surface area (Å²) >= 11 is 1.50. The van der Waals surface area contributed by atoms with Crippen LogP contribution in [0.25, 0.3) is 10.2 Å². The Hall–Kier alpha value is -1.95. The minimum Gasteiger partial charge on any atom is -0.350 e. The van der Waals surface area contributed by atoms with Crippen LogP contribution in [0.4, 0.5) is 4.79 Å². The van der Waals surface area contributed by atoms with E-state index in [2.05, 4.69) is 15.5 Å². The number of amides is 2. The molecule has 0 aliphatic heterocycles. The summed E-state index contributed by atoms with van der Waals surface area (Å²) in [6, 6.07) is 7.08. The van der Waals surface area contributed by atoms with Crippen molar-refractivity contribution < 1.29 is 4.79 Å². The van der Waals surface area contributed by atoms with Gasteiger partial charge in [-0.05, 0) is 12.1 Å². The molecule has 2 rings (SSSR count). The molecule has 76 valence electrons. The van der Waals surface area contributed by atoms with Gasteiger partial charge in [0.05, 0.1) is 16.4 Å². The fourth-order valence-electron chi connectivity index (χ4n) is 1.10. The van der Waals surface area contributed by atoms with E-state index in [9.17, 15) is 4.79 Å². The van der Waals surface area contributed by atoms with Gasteiger partial charge in [-0.1, -0.05) is 12.1 Å². The van der Waals surface area contributed by atoms with E-state index in [4.69, 9.17) is 5.73 Å². The van der Waals surface area contributed by atoms with Crippen LogP contribution in [-0.4, -0.2) is 17.2 Å². The van der Waals surface area contributed by atoms with E-state index in [1.807, 2.05) is 24.3 Å². The second-order valence-corrected chi connectivity index (χ2v) is 3.82. The summed E-state index contributed by atoms with van der Waals surface area (Å²) in [4.78, 5) is 14.6. The van der Waals surface area contributed by atoms with Crippen molar-refractivity contribution >= 4 is 33.8 Å². The van der Waals surface area contributed by atoms with Gasteiger partial charge in [0, 0.05) is 0 Å². The number of nitrogens with one attached hydrogen (secondary N) is 1. The molecular weight excluding hydrogens is 212 g/mol. The number of thiazole rings is 1. The van der Waals surface area contributed by atoms with Gasteiger partial charge in [0.15, 0.2) is 0 Å². The molecule has 6 heteroatoms. The molecule has 1 aromatic heterocycles. The highest BCUT2D eigenvalue weighted by Crippen LogP contribution is 2.19. The molecule has 0 saturated carbocycles. The zero-order valence-corrected chi connectivity index (χ0v) is 8.49. The number of primary amides is 1. The van der Waals surface area contributed by atoms with Crippen LogP contribution in [0.15, 0.2) is 29.4 Å². The highest BCUT2D eigenvalue weighted by atomic mass is 32.1. The van der Waals surface area contributed by atoms with E-state index in [0.717, 1.165) is 15.2 Å². The van der Waals surface area contributed by atoms with Gasteiger partial charge in [-0.3, -0.25) is 0 Å². The molecule has 15 heavy (non-hydrogen) atoms. The minimum atomic E-state index is -0.688. The molecule has 5 nitrogen and oxygen atoms in total. The standard InChI is InChI=1S/C9H8N4OS/c10-9(14)13-11-5-8-12-6-3-1-2-4-7(6)15-8/h1-5H,(H3,10,13,14). The van der Waals surface area contributed by atoms with Crippen LogP contribution in [0.3, 0.4) is 0 Å². The molecule has 0 radical (unpaired) electrons. The number of carbonyl (C=O) groups excluding carboxylic acids is 1. The Bertz CT molecular complexity index is 487. The number of carbonyl (C=O) groups is 1. The normalized spacial score (nSPS) is 10.9. The highest BCUT2D eigenvalue weighted by molar-refractivity contribution is 7.20. The lowest BCUT2D eigenvalue weighted by molar-refractivity contribution is 0.249. The van der Waals surface area contributed by atoms with E-state index in [-0.39, 0.29) is 0 Å². The van der Waals surface area contributed by atoms with E-state index in [1.165, 1.54) is 17.6 Å². The van der Waals surface area contributed by atoms with Crippen molar-refractivity contribution in [3.05, 3.63) is 29.3 Å². The lowest BCUT2D eigenvalue weighted by Crippen LogP contribution is -2.24. The number of nitrogens with zero attached hydrogens (tertiary/aromatic N) is 2. The molecule has 0 aliphatic carbocycles. The molecule has 3 N–H and O–H groups in total. The molecule has 0 atom stereocenters. The zero-order valence-electron chi connectivity index (χ0n) is 7.68. The smallest absolute Gasteiger partial charge is 0.332 e. The average molecular weight is 220 g/mol. The number of hydrogen-bond acceptors (Lipinski definition) is 4. The van der Waals surface area contributed by atoms with Crippen molar-refractivity contribution in [2.75, 3.05) is 0 Å². The fourth-order valence-corrected chi connectivity index (χ4v) is 1.94. The number of para-hydroxylation sites is 1. The van der Waals surface area contributed by atoms with Crippen molar-refractivity contribution in [1.82, 2.24) is 10.4 Å². The number of nitrogens with two attached hydrogens (primary N) is 1. The monoisotopic (exact) mass is 220 g/mol. The Balaban J connectivity index is 2.22. The van der Waals surface area contributed by atoms with Gasteiger partial charge >= 0.3 is 6.03 Å². The van der Waals surface area contributed by atoms with Crippen LogP contribution in [-0.2, 0) is 0 Å². The molecule has 0 aliphatic rings. The maximum Gasteiger partial charge on any atom is 0.332 e. The average Bonchev–Trinajstić information content (AvgIpc) is 2.59. The second-order valence-electron chi connectivity index (χ2n) is 2.75. The summed E-state index contributed by atoms with van der Waals surface area (Å²) in [5.41, 5.74) is 7.88. The quantitative estimate of drug-likeness (QED) is 0.590. The van der Waals surface area contributed by atoms with E-state index < -0.39 is 6.03 Å². The molecule has 0 bridgehead atoms. The Morgan fingerprint density at radius 2 is 2.33 bits per heavy atom. The highest BCUT2D eigenvalue weighted by Gasteiger charge is 1.99. The number of fused-ring (bicyclic) bond motifs is 1. The van der Waals surface area contributed by atoms with E-state index >= 15 is 0 Å². The number of benzene rings is 1. The number of hydrazone groups is 1. The number of urea groups is 1. The van der Waals surface area contributed by atoms with Crippen molar-refractivity contribution in [1.29, 1.82) is 0 Å². The third-order valence-corrected chi connectivity index (χ3v) is 2.63. The number of rotatable bonds is 2. The summed E-state index contributed by atoms with van der Waals surface area (Å²) in [7, 11) is 0. The Morgan fingerprint density at radius 3 is 3.07 bits per heavy atom. The van der Waals surface area contributed by atoms with Crippen LogP contribution >= 0.6 is 11.3 Å². The first-order valence-corrected chi connectivity index (χ1v) is 5.01. The van der Waals surface area contributed by atoms with Gasteiger partial charge in [-0.25, -0.2) is 15.2 Å². The summed E-state index contributed by atoms with van der Waals surface area (Å²) < 4.78 is 1.08. The first-order valence-electron chi connectivity index (χ1n) is 4.20. The van der Waals surface area contributed by atoms with Crippen LogP contribution in [0.2, 0.25) is 0 Å². The molecule has 0 saturated heterocycles. The maximum atomic E-state index is 10.3. The molecule has 0 unspecified atom stereocenters. The van der Waals surface area contributed by atoms with Crippen LogP contribution in [0.1, 0.15) is 5.01 Å². The predicted molar refractivity (Wildman–Crippen MR) is 59.9 cm³/mol. The molecule has 0 fully saturated rings. The lowest BCUT2D eigenvalue weighted by Gasteiger charge is -1.87. The Labute approximate surface area is 89.6 Å². The molecule has 1 aromatic carbocycles. The van der Waals surface area contributed by atoms with Crippen LogP contribution < -0.4 is 11.2 Å². The van der Waals surface area contributed by atoms with Gasteiger partial charge in [-0.15, -0.1) is 11.3 Å². The second kappa shape index (κ2) is 4.05. The SMILES string of the molecule is NC(=O)NN=Cc1nc2ccccc2s1. The topological polar surface area (TPSA) is 80.4 Å². The van der Waals surface area contributed by atoms with Gasteiger partial charge < -0.3 is 5.73 Å². The number of aromatic nitrogens is 1. The third kappa shape index (κ3) is 2.29. The van der Waals surface area contributed by atoms with Crippen molar-refractivity contribution in [2.45, 2.75) is 0 Å². The lowest BCUT2D eigenvalue weighted by atomic mass is 10.3. The Kier molecular flexibility index (Phi) is 2.59. The summed E-state index contributed by atoms with van der Waals surface area (Å²) in [6.07, 6.45) is 1.47. The Morgan fingerprint density at radius 1 is 1.53 bits per heavy atom. The van der Waals surface area contributed by atoms with Crippen molar-refractivity contribution in [2.24, 2.45) is 10.8 Å². The minimum absolute atomic E-state index is 0.688. The molecule has 1 heterocycles. The zero-order chi connectivity index (χ0) is 10.7. The summed E-state index contributed by atoms with van der Waals surface area (Å²) in [5, 5.41) is 4.36. The maximum absolute atomic E-state index is 10.3. The van der Waals surface area contributed by atoms with Gasteiger partial charge in [0.25, 0.3) is 0 Å². The molecule has 0 spiro atoms. The third-order valence-electron chi connectivity index (χ3n) is 1.66. The molecule has 2 amide bonds. The summed E-state index contributed by atoms with van der Waals surface area (Å²) in [5.74, 6) is 0. The van der Waals surface area contributed by atoms with Gasteiger partial charge in [-0.2, -0.15) is 5.10 Å². The first kappa shape index (κ1) is 9.60. The first-order chi connectivity index (χ1) is 7.25. The van der Waals surface area contributed by atoms with Crippen LogP contribution in [0.5, 0.6) is 0 Å².